The number of halogens is 1. The van der Waals surface area contributed by atoms with Crippen molar-refractivity contribution in [1.82, 2.24) is 20.2 Å². The largest absolute Gasteiger partial charge is 0.338 e. The summed E-state index contributed by atoms with van der Waals surface area (Å²) >= 11 is 1.42. The van der Waals surface area contributed by atoms with Crippen molar-refractivity contribution in [3.8, 4) is 0 Å². The Bertz CT molecular complexity index is 679. The molecule has 1 aromatic carbocycles. The molecule has 2 heterocycles. The predicted octanol–water partition coefficient (Wildman–Crippen LogP) is 2.37. The first kappa shape index (κ1) is 9.53. The summed E-state index contributed by atoms with van der Waals surface area (Å²) in [6, 6.07) is 4.51. The molecule has 0 saturated heterocycles. The highest BCUT2D eigenvalue weighted by atomic mass is 32.2. The van der Waals surface area contributed by atoms with Gasteiger partial charge in [0, 0.05) is 10.9 Å². The first-order chi connectivity index (χ1) is 7.78. The van der Waals surface area contributed by atoms with Gasteiger partial charge < -0.3 is 4.98 Å². The number of nitrogens with one attached hydrogen (secondary N) is 1. The summed E-state index contributed by atoms with van der Waals surface area (Å²) in [5.74, 6) is -0.288. The van der Waals surface area contributed by atoms with Gasteiger partial charge in [-0.05, 0) is 24.5 Å². The number of hydrogen-bond donors (Lipinski definition) is 1. The molecule has 2 aromatic heterocycles. The van der Waals surface area contributed by atoms with E-state index in [1.807, 2.05) is 6.26 Å². The van der Waals surface area contributed by atoms with Crippen LogP contribution in [0.15, 0.2) is 23.4 Å². The van der Waals surface area contributed by atoms with Crippen molar-refractivity contribution in [2.75, 3.05) is 6.26 Å². The molecule has 3 rings (SSSR count). The number of aromatic amines is 1. The highest BCUT2D eigenvalue weighted by Gasteiger charge is 2.09. The van der Waals surface area contributed by atoms with Crippen molar-refractivity contribution in [2.45, 2.75) is 5.16 Å². The zero-order chi connectivity index (χ0) is 11.1. The van der Waals surface area contributed by atoms with Crippen molar-refractivity contribution in [3.05, 3.63) is 24.0 Å². The van der Waals surface area contributed by atoms with Gasteiger partial charge in [0.25, 0.3) is 0 Å². The average molecular weight is 234 g/mol. The Morgan fingerprint density at radius 1 is 1.31 bits per heavy atom. The summed E-state index contributed by atoms with van der Waals surface area (Å²) in [6.45, 7) is 0. The number of fused-ring (bicyclic) bond motifs is 3. The zero-order valence-corrected chi connectivity index (χ0v) is 9.18. The number of nitrogens with zero attached hydrogens (tertiary/aromatic N) is 3. The molecule has 0 aliphatic heterocycles. The first-order valence-corrected chi connectivity index (χ1v) is 5.86. The molecule has 0 spiro atoms. The van der Waals surface area contributed by atoms with E-state index >= 15 is 0 Å². The van der Waals surface area contributed by atoms with Crippen LogP contribution in [0, 0.1) is 5.82 Å². The van der Waals surface area contributed by atoms with E-state index in [-0.39, 0.29) is 5.82 Å². The highest BCUT2D eigenvalue weighted by Crippen LogP contribution is 2.23. The van der Waals surface area contributed by atoms with Crippen LogP contribution in [0.5, 0.6) is 0 Å². The van der Waals surface area contributed by atoms with E-state index in [4.69, 9.17) is 0 Å². The number of rotatable bonds is 1. The number of thioether (sulfide) groups is 1. The van der Waals surface area contributed by atoms with Gasteiger partial charge in [0.15, 0.2) is 5.65 Å². The molecule has 3 aromatic rings. The molecule has 0 radical (unpaired) electrons. The molecule has 0 bridgehead atoms. The third-order valence-corrected chi connectivity index (χ3v) is 2.88. The second-order valence-corrected chi connectivity index (χ2v) is 4.08. The topological polar surface area (TPSA) is 54.5 Å². The van der Waals surface area contributed by atoms with E-state index in [2.05, 4.69) is 20.2 Å². The molecule has 0 fully saturated rings. The molecule has 0 amide bonds. The van der Waals surface area contributed by atoms with Crippen molar-refractivity contribution >= 4 is 33.8 Å². The van der Waals surface area contributed by atoms with E-state index in [0.717, 1.165) is 5.52 Å². The Hall–Kier alpha value is -1.69. The van der Waals surface area contributed by atoms with Gasteiger partial charge in [-0.2, -0.15) is 0 Å². The maximum atomic E-state index is 13.1. The average Bonchev–Trinajstić information content (AvgIpc) is 2.66. The summed E-state index contributed by atoms with van der Waals surface area (Å²) in [6.07, 6.45) is 1.88. The third kappa shape index (κ3) is 1.34. The van der Waals surface area contributed by atoms with Crippen LogP contribution in [0.2, 0.25) is 0 Å². The number of benzene rings is 1. The summed E-state index contributed by atoms with van der Waals surface area (Å²) in [5, 5.41) is 9.29. The molecule has 80 valence electrons. The Morgan fingerprint density at radius 2 is 2.19 bits per heavy atom. The van der Waals surface area contributed by atoms with Crippen molar-refractivity contribution in [2.24, 2.45) is 0 Å². The fourth-order valence-electron chi connectivity index (χ4n) is 1.62. The maximum absolute atomic E-state index is 13.1. The highest BCUT2D eigenvalue weighted by molar-refractivity contribution is 7.98. The minimum absolute atomic E-state index is 0.288. The molecule has 0 atom stereocenters. The third-order valence-electron chi connectivity index (χ3n) is 2.34. The number of H-pyrrole nitrogens is 1. The van der Waals surface area contributed by atoms with E-state index in [0.29, 0.717) is 21.7 Å². The van der Waals surface area contributed by atoms with Crippen LogP contribution < -0.4 is 0 Å². The number of hydrogen-bond acceptors (Lipinski definition) is 4. The minimum Gasteiger partial charge on any atom is -0.338 e. The van der Waals surface area contributed by atoms with E-state index in [1.54, 1.807) is 6.07 Å². The van der Waals surface area contributed by atoms with Gasteiger partial charge in [0.2, 0.25) is 5.16 Å². The van der Waals surface area contributed by atoms with Crippen molar-refractivity contribution in [1.29, 1.82) is 0 Å². The quantitative estimate of drug-likeness (QED) is 0.657. The fraction of sp³-hybridized carbons (Fsp3) is 0.100. The number of aromatic nitrogens is 4. The molecule has 0 unspecified atom stereocenters. The summed E-state index contributed by atoms with van der Waals surface area (Å²) in [5.41, 5.74) is 2.06. The summed E-state index contributed by atoms with van der Waals surface area (Å²) in [4.78, 5) is 7.36. The molecule has 0 aliphatic carbocycles. The van der Waals surface area contributed by atoms with Gasteiger partial charge in [0.05, 0.1) is 0 Å². The normalized spacial score (nSPS) is 11.4. The van der Waals surface area contributed by atoms with Gasteiger partial charge in [-0.3, -0.25) is 0 Å². The van der Waals surface area contributed by atoms with Gasteiger partial charge >= 0.3 is 0 Å². The maximum Gasteiger partial charge on any atom is 0.210 e. The van der Waals surface area contributed by atoms with Gasteiger partial charge in [-0.1, -0.05) is 11.8 Å². The Kier molecular flexibility index (Phi) is 2.03. The van der Waals surface area contributed by atoms with Gasteiger partial charge in [0.1, 0.15) is 11.3 Å². The van der Waals surface area contributed by atoms with Crippen LogP contribution in [0.4, 0.5) is 4.39 Å². The molecular weight excluding hydrogens is 227 g/mol. The lowest BCUT2D eigenvalue weighted by Gasteiger charge is -1.92. The van der Waals surface area contributed by atoms with Crippen LogP contribution in [0.3, 0.4) is 0 Å². The molecular formula is C10H7FN4S. The molecule has 16 heavy (non-hydrogen) atoms. The molecule has 0 aliphatic rings. The van der Waals surface area contributed by atoms with Crippen LogP contribution in [-0.2, 0) is 0 Å². The second kappa shape index (κ2) is 3.41. The standard InChI is InChI=1S/C10H7FN4S/c1-16-10-13-9-8(14-15-10)6-4-5(11)2-3-7(6)12-9/h2-4H,1H3,(H,12,13,15). The molecule has 4 nitrogen and oxygen atoms in total. The van der Waals surface area contributed by atoms with E-state index in [1.165, 1.54) is 23.9 Å². The monoisotopic (exact) mass is 234 g/mol. The van der Waals surface area contributed by atoms with E-state index in [9.17, 15) is 4.39 Å². The van der Waals surface area contributed by atoms with Crippen LogP contribution >= 0.6 is 11.8 Å². The van der Waals surface area contributed by atoms with Crippen LogP contribution in [0.1, 0.15) is 0 Å². The molecule has 1 N–H and O–H groups in total. The Balaban J connectivity index is 2.41. The first-order valence-electron chi connectivity index (χ1n) is 4.63. The SMILES string of the molecule is CSc1nnc2c(n1)[nH]c1ccc(F)cc12. The van der Waals surface area contributed by atoms with Crippen LogP contribution in [-0.4, -0.2) is 26.4 Å². The lowest BCUT2D eigenvalue weighted by molar-refractivity contribution is 0.630. The smallest absolute Gasteiger partial charge is 0.210 e. The lowest BCUT2D eigenvalue weighted by Crippen LogP contribution is -1.89. The van der Waals surface area contributed by atoms with Crippen molar-refractivity contribution < 1.29 is 4.39 Å². The Labute approximate surface area is 94.3 Å². The summed E-state index contributed by atoms with van der Waals surface area (Å²) in [7, 11) is 0. The molecule has 6 heteroatoms. The Morgan fingerprint density at radius 3 is 3.00 bits per heavy atom. The van der Waals surface area contributed by atoms with Gasteiger partial charge in [-0.15, -0.1) is 10.2 Å². The minimum atomic E-state index is -0.288. The van der Waals surface area contributed by atoms with Crippen molar-refractivity contribution in [3.63, 3.8) is 0 Å². The fourth-order valence-corrected chi connectivity index (χ4v) is 1.92. The zero-order valence-electron chi connectivity index (χ0n) is 8.36. The lowest BCUT2D eigenvalue weighted by atomic mass is 10.2. The predicted molar refractivity (Wildman–Crippen MR) is 60.9 cm³/mol. The van der Waals surface area contributed by atoms with E-state index < -0.39 is 0 Å². The van der Waals surface area contributed by atoms with Gasteiger partial charge in [-0.25, -0.2) is 9.37 Å². The molecule has 0 saturated carbocycles. The van der Waals surface area contributed by atoms with Crippen LogP contribution in [0.25, 0.3) is 22.1 Å². The summed E-state index contributed by atoms with van der Waals surface area (Å²) < 4.78 is 13.1. The second-order valence-electron chi connectivity index (χ2n) is 3.31.